The summed E-state index contributed by atoms with van der Waals surface area (Å²) in [7, 11) is 0. The topological polar surface area (TPSA) is 55.1 Å². The van der Waals surface area contributed by atoms with Gasteiger partial charge >= 0.3 is 0 Å². The molecule has 0 aliphatic rings. The van der Waals surface area contributed by atoms with Crippen molar-refractivity contribution >= 4 is 28.9 Å². The van der Waals surface area contributed by atoms with Crippen LogP contribution in [0.1, 0.15) is 15.9 Å². The largest absolute Gasteiger partial charge is 0.399 e. The van der Waals surface area contributed by atoms with Gasteiger partial charge in [0.05, 0.1) is 5.56 Å². The maximum atomic E-state index is 13.5. The number of amides is 1. The third-order valence-corrected chi connectivity index (χ3v) is 2.91. The van der Waals surface area contributed by atoms with Crippen LogP contribution in [0.4, 0.5) is 15.8 Å². The van der Waals surface area contributed by atoms with Crippen LogP contribution < -0.4 is 11.1 Å². The number of nitrogens with two attached hydrogens (primary N) is 1. The minimum Gasteiger partial charge on any atom is -0.399 e. The molecule has 0 saturated heterocycles. The van der Waals surface area contributed by atoms with Crippen molar-refractivity contribution in [2.75, 3.05) is 11.1 Å². The molecule has 2 rings (SSSR count). The van der Waals surface area contributed by atoms with Gasteiger partial charge in [-0.3, -0.25) is 4.79 Å². The predicted octanol–water partition coefficient (Wildman–Crippen LogP) is 3.62. The first-order valence-corrected chi connectivity index (χ1v) is 5.97. The molecular formula is C14H12ClFN2O. The monoisotopic (exact) mass is 278 g/mol. The zero-order valence-electron chi connectivity index (χ0n) is 10.2. The molecule has 0 spiro atoms. The molecule has 5 heteroatoms. The van der Waals surface area contributed by atoms with Crippen LogP contribution in [-0.4, -0.2) is 5.91 Å². The fraction of sp³-hybridized carbons (Fsp3) is 0.0714. The molecule has 0 heterocycles. The van der Waals surface area contributed by atoms with Crippen molar-refractivity contribution in [3.05, 3.63) is 58.4 Å². The first kappa shape index (κ1) is 13.4. The van der Waals surface area contributed by atoms with Gasteiger partial charge in [0, 0.05) is 16.4 Å². The molecule has 3 N–H and O–H groups in total. The van der Waals surface area contributed by atoms with Crippen LogP contribution in [0.5, 0.6) is 0 Å². The number of anilines is 2. The SMILES string of the molecule is Cc1cc(N)ccc1NC(=O)c1cc(Cl)ccc1F. The van der Waals surface area contributed by atoms with E-state index in [1.807, 2.05) is 0 Å². The number of nitrogen functional groups attached to an aromatic ring is 1. The zero-order valence-corrected chi connectivity index (χ0v) is 11.0. The standard InChI is InChI=1S/C14H12ClFN2O/c1-8-6-10(17)3-5-13(8)18-14(19)11-7-9(15)2-4-12(11)16/h2-7H,17H2,1H3,(H,18,19). The summed E-state index contributed by atoms with van der Waals surface area (Å²) < 4.78 is 13.5. The van der Waals surface area contributed by atoms with Gasteiger partial charge in [-0.2, -0.15) is 0 Å². The van der Waals surface area contributed by atoms with E-state index in [0.717, 1.165) is 11.6 Å². The van der Waals surface area contributed by atoms with Crippen molar-refractivity contribution in [2.24, 2.45) is 0 Å². The lowest BCUT2D eigenvalue weighted by Gasteiger charge is -2.09. The second-order valence-corrected chi connectivity index (χ2v) is 4.59. The molecule has 19 heavy (non-hydrogen) atoms. The van der Waals surface area contributed by atoms with Gasteiger partial charge in [0.25, 0.3) is 5.91 Å². The molecule has 2 aromatic rings. The lowest BCUT2D eigenvalue weighted by atomic mass is 10.1. The third kappa shape index (κ3) is 3.03. The van der Waals surface area contributed by atoms with Gasteiger partial charge in [-0.15, -0.1) is 0 Å². The molecule has 0 aromatic heterocycles. The Morgan fingerprint density at radius 1 is 1.26 bits per heavy atom. The van der Waals surface area contributed by atoms with E-state index in [4.69, 9.17) is 17.3 Å². The van der Waals surface area contributed by atoms with Gasteiger partial charge in [-0.25, -0.2) is 4.39 Å². The summed E-state index contributed by atoms with van der Waals surface area (Å²) in [5.74, 6) is -1.16. The van der Waals surface area contributed by atoms with E-state index in [0.29, 0.717) is 16.4 Å². The number of aryl methyl sites for hydroxylation is 1. The van der Waals surface area contributed by atoms with Crippen molar-refractivity contribution < 1.29 is 9.18 Å². The van der Waals surface area contributed by atoms with E-state index in [1.54, 1.807) is 25.1 Å². The number of rotatable bonds is 2. The summed E-state index contributed by atoms with van der Waals surface area (Å²) in [5, 5.41) is 2.93. The Kier molecular flexibility index (Phi) is 3.71. The molecule has 0 unspecified atom stereocenters. The Morgan fingerprint density at radius 3 is 2.68 bits per heavy atom. The predicted molar refractivity (Wildman–Crippen MR) is 75.0 cm³/mol. The highest BCUT2D eigenvalue weighted by Crippen LogP contribution is 2.20. The number of carbonyl (C=O) groups is 1. The van der Waals surface area contributed by atoms with Crippen LogP contribution >= 0.6 is 11.6 Å². The second kappa shape index (κ2) is 5.28. The Morgan fingerprint density at radius 2 is 2.00 bits per heavy atom. The second-order valence-electron chi connectivity index (χ2n) is 4.15. The van der Waals surface area contributed by atoms with Gasteiger partial charge in [0.1, 0.15) is 5.82 Å². The highest BCUT2D eigenvalue weighted by Gasteiger charge is 2.13. The molecule has 1 amide bonds. The lowest BCUT2D eigenvalue weighted by Crippen LogP contribution is -2.14. The lowest BCUT2D eigenvalue weighted by molar-refractivity contribution is 0.102. The number of halogens is 2. The molecule has 98 valence electrons. The van der Waals surface area contributed by atoms with E-state index >= 15 is 0 Å². The van der Waals surface area contributed by atoms with Crippen LogP contribution in [0.2, 0.25) is 5.02 Å². The van der Waals surface area contributed by atoms with Gasteiger partial charge < -0.3 is 11.1 Å². The average molecular weight is 279 g/mol. The third-order valence-electron chi connectivity index (χ3n) is 2.67. The molecule has 0 radical (unpaired) electrons. The van der Waals surface area contributed by atoms with E-state index in [9.17, 15) is 9.18 Å². The summed E-state index contributed by atoms with van der Waals surface area (Å²) in [4.78, 5) is 12.0. The van der Waals surface area contributed by atoms with Crippen LogP contribution in [0.3, 0.4) is 0 Å². The fourth-order valence-electron chi connectivity index (χ4n) is 1.69. The minimum absolute atomic E-state index is 0.0938. The van der Waals surface area contributed by atoms with E-state index in [1.165, 1.54) is 12.1 Å². The first-order chi connectivity index (χ1) is 8.97. The maximum Gasteiger partial charge on any atom is 0.258 e. The number of carbonyl (C=O) groups excluding carboxylic acids is 1. The molecule has 3 nitrogen and oxygen atoms in total. The summed E-state index contributed by atoms with van der Waals surface area (Å²) in [5.41, 5.74) is 7.51. The van der Waals surface area contributed by atoms with E-state index < -0.39 is 11.7 Å². The molecule has 0 atom stereocenters. The quantitative estimate of drug-likeness (QED) is 0.824. The van der Waals surface area contributed by atoms with Crippen LogP contribution in [0, 0.1) is 12.7 Å². The van der Waals surface area contributed by atoms with Gasteiger partial charge in [-0.1, -0.05) is 11.6 Å². The van der Waals surface area contributed by atoms with Crippen molar-refractivity contribution in [1.29, 1.82) is 0 Å². The molecule has 0 aliphatic heterocycles. The van der Waals surface area contributed by atoms with Gasteiger partial charge in [-0.05, 0) is 48.9 Å². The van der Waals surface area contributed by atoms with Crippen molar-refractivity contribution in [3.63, 3.8) is 0 Å². The Bertz CT molecular complexity index is 643. The Labute approximate surface area is 115 Å². The van der Waals surface area contributed by atoms with Crippen molar-refractivity contribution in [3.8, 4) is 0 Å². The van der Waals surface area contributed by atoms with Crippen LogP contribution in [0.25, 0.3) is 0 Å². The summed E-state index contributed by atoms with van der Waals surface area (Å²) in [6.45, 7) is 1.81. The van der Waals surface area contributed by atoms with E-state index in [2.05, 4.69) is 5.32 Å². The molecule has 0 saturated carbocycles. The highest BCUT2D eigenvalue weighted by atomic mass is 35.5. The smallest absolute Gasteiger partial charge is 0.258 e. The summed E-state index contributed by atoms with van der Waals surface area (Å²) in [6, 6.07) is 8.90. The number of benzene rings is 2. The number of nitrogens with one attached hydrogen (secondary N) is 1. The number of hydrogen-bond acceptors (Lipinski definition) is 2. The van der Waals surface area contributed by atoms with Crippen molar-refractivity contribution in [2.45, 2.75) is 6.92 Å². The summed E-state index contributed by atoms with van der Waals surface area (Å²) >= 11 is 5.75. The summed E-state index contributed by atoms with van der Waals surface area (Å²) in [6.07, 6.45) is 0. The highest BCUT2D eigenvalue weighted by molar-refractivity contribution is 6.31. The minimum atomic E-state index is -0.616. The molecule has 0 bridgehead atoms. The molecular weight excluding hydrogens is 267 g/mol. The van der Waals surface area contributed by atoms with Crippen LogP contribution in [0.15, 0.2) is 36.4 Å². The Balaban J connectivity index is 2.28. The zero-order chi connectivity index (χ0) is 14.0. The van der Waals surface area contributed by atoms with Gasteiger partial charge in [0.2, 0.25) is 0 Å². The van der Waals surface area contributed by atoms with Crippen LogP contribution in [-0.2, 0) is 0 Å². The van der Waals surface area contributed by atoms with Gasteiger partial charge in [0.15, 0.2) is 0 Å². The Hall–Kier alpha value is -2.07. The van der Waals surface area contributed by atoms with Crippen molar-refractivity contribution in [1.82, 2.24) is 0 Å². The fourth-order valence-corrected chi connectivity index (χ4v) is 1.86. The number of hydrogen-bond donors (Lipinski definition) is 2. The maximum absolute atomic E-state index is 13.5. The first-order valence-electron chi connectivity index (χ1n) is 5.60. The molecule has 0 aliphatic carbocycles. The average Bonchev–Trinajstić information content (AvgIpc) is 2.35. The molecule has 2 aromatic carbocycles. The molecule has 0 fully saturated rings. The normalized spacial score (nSPS) is 10.3. The van der Waals surface area contributed by atoms with E-state index in [-0.39, 0.29) is 5.56 Å².